The zero-order valence-corrected chi connectivity index (χ0v) is 12.8. The van der Waals surface area contributed by atoms with Crippen LogP contribution in [0.2, 0.25) is 0 Å². The largest absolute Gasteiger partial charge is 0.344 e. The fourth-order valence-corrected chi connectivity index (χ4v) is 4.89. The average molecular weight is 264 g/mol. The van der Waals surface area contributed by atoms with Crippen molar-refractivity contribution >= 4 is 5.91 Å². The Hall–Kier alpha value is -0.570. The van der Waals surface area contributed by atoms with Crippen LogP contribution < -0.4 is 5.32 Å². The molecule has 108 valence electrons. The summed E-state index contributed by atoms with van der Waals surface area (Å²) in [4.78, 5) is 13.5. The fourth-order valence-electron chi connectivity index (χ4n) is 4.89. The highest BCUT2D eigenvalue weighted by atomic mass is 16.2. The van der Waals surface area contributed by atoms with Crippen molar-refractivity contribution < 1.29 is 4.79 Å². The summed E-state index contributed by atoms with van der Waals surface area (Å²) in [6.07, 6.45) is 5.83. The summed E-state index contributed by atoms with van der Waals surface area (Å²) in [7, 11) is 1.93. The first-order chi connectivity index (χ1) is 8.84. The number of rotatable bonds is 2. The average Bonchev–Trinajstić information content (AvgIpc) is 2.67. The summed E-state index contributed by atoms with van der Waals surface area (Å²) < 4.78 is 0. The molecule has 2 aliphatic carbocycles. The number of hydrogen-bond acceptors (Lipinski definition) is 2. The number of hydrogen-bond donors (Lipinski definition) is 1. The number of piperidine rings is 1. The molecule has 3 nitrogen and oxygen atoms in total. The lowest BCUT2D eigenvalue weighted by atomic mass is 9.69. The number of likely N-dealkylation sites (N-methyl/N-ethyl adjacent to an activating group) is 1. The minimum atomic E-state index is 0.303. The Bertz CT molecular complexity index is 392. The van der Waals surface area contributed by atoms with E-state index in [0.29, 0.717) is 35.2 Å². The summed E-state index contributed by atoms with van der Waals surface area (Å²) in [5, 5.41) is 3.90. The lowest BCUT2D eigenvalue weighted by Crippen LogP contribution is -2.54. The van der Waals surface area contributed by atoms with Crippen LogP contribution in [0.5, 0.6) is 0 Å². The smallest absolute Gasteiger partial charge is 0.222 e. The Morgan fingerprint density at radius 3 is 2.53 bits per heavy atom. The van der Waals surface area contributed by atoms with Crippen LogP contribution in [-0.2, 0) is 4.79 Å². The molecule has 1 saturated heterocycles. The van der Waals surface area contributed by atoms with Gasteiger partial charge in [-0.25, -0.2) is 0 Å². The molecule has 19 heavy (non-hydrogen) atoms. The van der Waals surface area contributed by atoms with Crippen LogP contribution in [0.1, 0.15) is 52.9 Å². The highest BCUT2D eigenvalue weighted by molar-refractivity contribution is 5.76. The Balaban J connectivity index is 1.68. The Morgan fingerprint density at radius 2 is 2.00 bits per heavy atom. The Kier molecular flexibility index (Phi) is 2.97. The van der Waals surface area contributed by atoms with Crippen LogP contribution in [-0.4, -0.2) is 36.5 Å². The zero-order chi connectivity index (χ0) is 13.8. The van der Waals surface area contributed by atoms with E-state index in [1.165, 1.54) is 19.3 Å². The molecular weight excluding hydrogens is 236 g/mol. The molecule has 1 heterocycles. The van der Waals surface area contributed by atoms with Crippen molar-refractivity contribution in [2.45, 2.75) is 65.0 Å². The van der Waals surface area contributed by atoms with Gasteiger partial charge in [0.2, 0.25) is 5.91 Å². The second-order valence-electron chi connectivity index (χ2n) is 7.84. The minimum absolute atomic E-state index is 0.303. The maximum Gasteiger partial charge on any atom is 0.222 e. The van der Waals surface area contributed by atoms with E-state index < -0.39 is 0 Å². The third kappa shape index (κ3) is 1.84. The van der Waals surface area contributed by atoms with Crippen LogP contribution >= 0.6 is 0 Å². The van der Waals surface area contributed by atoms with Crippen LogP contribution in [0.25, 0.3) is 0 Å². The van der Waals surface area contributed by atoms with Gasteiger partial charge < -0.3 is 10.2 Å². The maximum absolute atomic E-state index is 11.6. The minimum Gasteiger partial charge on any atom is -0.344 e. The number of nitrogens with one attached hydrogen (secondary N) is 1. The first-order valence-electron chi connectivity index (χ1n) is 7.84. The monoisotopic (exact) mass is 264 g/mol. The molecule has 4 unspecified atom stereocenters. The van der Waals surface area contributed by atoms with Crippen LogP contribution in [0.4, 0.5) is 0 Å². The lowest BCUT2D eigenvalue weighted by Gasteiger charge is -2.42. The van der Waals surface area contributed by atoms with Gasteiger partial charge >= 0.3 is 0 Å². The molecule has 1 amide bonds. The van der Waals surface area contributed by atoms with Crippen molar-refractivity contribution in [3.63, 3.8) is 0 Å². The van der Waals surface area contributed by atoms with E-state index in [-0.39, 0.29) is 0 Å². The third-order valence-electron chi connectivity index (χ3n) is 6.86. The highest BCUT2D eigenvalue weighted by Gasteiger charge is 2.61. The predicted molar refractivity (Wildman–Crippen MR) is 76.8 cm³/mol. The summed E-state index contributed by atoms with van der Waals surface area (Å²) in [5.74, 6) is 1.19. The van der Waals surface area contributed by atoms with Gasteiger partial charge in [0.25, 0.3) is 0 Å². The van der Waals surface area contributed by atoms with E-state index in [4.69, 9.17) is 0 Å². The van der Waals surface area contributed by atoms with E-state index >= 15 is 0 Å². The standard InChI is InChI=1S/C16H28N2O/c1-15(2)11-7-8-16(15,3)13(9-11)17-12-5-6-14(19)18(4)10-12/h11-13,17H,5-10H2,1-4H3. The molecule has 2 saturated carbocycles. The lowest BCUT2D eigenvalue weighted by molar-refractivity contribution is -0.132. The number of likely N-dealkylation sites (tertiary alicyclic amines) is 1. The van der Waals surface area contributed by atoms with Gasteiger partial charge in [0.15, 0.2) is 0 Å². The van der Waals surface area contributed by atoms with Crippen LogP contribution in [0.15, 0.2) is 0 Å². The van der Waals surface area contributed by atoms with Gasteiger partial charge in [-0.3, -0.25) is 4.79 Å². The number of nitrogens with zero attached hydrogens (tertiary/aromatic N) is 1. The van der Waals surface area contributed by atoms with E-state index in [1.54, 1.807) is 0 Å². The molecule has 0 radical (unpaired) electrons. The number of amides is 1. The topological polar surface area (TPSA) is 32.3 Å². The molecule has 0 spiro atoms. The molecule has 3 heteroatoms. The second-order valence-corrected chi connectivity index (χ2v) is 7.84. The van der Waals surface area contributed by atoms with Gasteiger partial charge in [0.1, 0.15) is 0 Å². The molecule has 0 aromatic rings. The molecule has 0 aromatic carbocycles. The maximum atomic E-state index is 11.6. The molecule has 3 fully saturated rings. The first-order valence-corrected chi connectivity index (χ1v) is 7.84. The van der Waals surface area contributed by atoms with Crippen LogP contribution in [0.3, 0.4) is 0 Å². The van der Waals surface area contributed by atoms with E-state index in [9.17, 15) is 4.79 Å². The molecule has 2 bridgehead atoms. The van der Waals surface area contributed by atoms with E-state index in [0.717, 1.165) is 18.9 Å². The summed E-state index contributed by atoms with van der Waals surface area (Å²) in [6.45, 7) is 8.29. The summed E-state index contributed by atoms with van der Waals surface area (Å²) >= 11 is 0. The van der Waals surface area contributed by atoms with Crippen molar-refractivity contribution in [2.75, 3.05) is 13.6 Å². The fraction of sp³-hybridized carbons (Fsp3) is 0.938. The normalized spacial score (nSPS) is 44.9. The van der Waals surface area contributed by atoms with Crippen molar-refractivity contribution in [3.05, 3.63) is 0 Å². The Labute approximate surface area is 117 Å². The molecule has 3 aliphatic rings. The third-order valence-corrected chi connectivity index (χ3v) is 6.86. The van der Waals surface area contributed by atoms with Gasteiger partial charge in [-0.1, -0.05) is 20.8 Å². The molecular formula is C16H28N2O. The molecule has 1 N–H and O–H groups in total. The number of carbonyl (C=O) groups excluding carboxylic acids is 1. The van der Waals surface area contributed by atoms with Gasteiger partial charge in [0, 0.05) is 32.1 Å². The highest BCUT2D eigenvalue weighted by Crippen LogP contribution is 2.65. The SMILES string of the molecule is CN1CC(NC2CC3CCC2(C)C3(C)C)CCC1=O. The molecule has 3 rings (SSSR count). The molecule has 1 aliphatic heterocycles. The van der Waals surface area contributed by atoms with Gasteiger partial charge in [-0.05, 0) is 42.4 Å². The number of carbonyl (C=O) groups is 1. The zero-order valence-electron chi connectivity index (χ0n) is 12.8. The molecule has 0 aromatic heterocycles. The van der Waals surface area contributed by atoms with Crippen molar-refractivity contribution in [2.24, 2.45) is 16.7 Å². The Morgan fingerprint density at radius 1 is 1.26 bits per heavy atom. The van der Waals surface area contributed by atoms with Crippen molar-refractivity contribution in [1.82, 2.24) is 10.2 Å². The van der Waals surface area contributed by atoms with Crippen LogP contribution in [0, 0.1) is 16.7 Å². The number of fused-ring (bicyclic) bond motifs is 2. The summed E-state index contributed by atoms with van der Waals surface area (Å²) in [6, 6.07) is 1.15. The second kappa shape index (κ2) is 4.21. The van der Waals surface area contributed by atoms with Gasteiger partial charge in [-0.2, -0.15) is 0 Å². The van der Waals surface area contributed by atoms with Crippen molar-refractivity contribution in [1.29, 1.82) is 0 Å². The predicted octanol–water partition coefficient (Wildman–Crippen LogP) is 2.41. The van der Waals surface area contributed by atoms with E-state index in [2.05, 4.69) is 26.1 Å². The van der Waals surface area contributed by atoms with Gasteiger partial charge in [0.05, 0.1) is 0 Å². The quantitative estimate of drug-likeness (QED) is 0.830. The van der Waals surface area contributed by atoms with E-state index in [1.807, 2.05) is 11.9 Å². The first kappa shape index (κ1) is 13.4. The summed E-state index contributed by atoms with van der Waals surface area (Å²) in [5.41, 5.74) is 0.915. The van der Waals surface area contributed by atoms with Gasteiger partial charge in [-0.15, -0.1) is 0 Å². The van der Waals surface area contributed by atoms with Crippen molar-refractivity contribution in [3.8, 4) is 0 Å². The molecule has 4 atom stereocenters.